The van der Waals surface area contributed by atoms with Crippen molar-refractivity contribution in [3.05, 3.63) is 29.3 Å². The molecule has 2 N–H and O–H groups in total. The fraction of sp³-hybridized carbons (Fsp3) is 0.647. The summed E-state index contributed by atoms with van der Waals surface area (Å²) in [5.74, 6) is 1.12. The quantitative estimate of drug-likeness (QED) is 0.900. The van der Waals surface area contributed by atoms with Gasteiger partial charge in [-0.15, -0.1) is 0 Å². The molecule has 1 fully saturated rings. The molecule has 0 saturated heterocycles. The van der Waals surface area contributed by atoms with E-state index in [9.17, 15) is 0 Å². The Labute approximate surface area is 116 Å². The van der Waals surface area contributed by atoms with Gasteiger partial charge in [-0.25, -0.2) is 0 Å². The first-order chi connectivity index (χ1) is 9.33. The number of hydrogen-bond donors (Lipinski definition) is 1. The maximum absolute atomic E-state index is 6.47. The summed E-state index contributed by atoms with van der Waals surface area (Å²) >= 11 is 0. The molecule has 0 bridgehead atoms. The van der Waals surface area contributed by atoms with Crippen molar-refractivity contribution in [2.75, 3.05) is 6.54 Å². The molecule has 0 heterocycles. The molecule has 2 nitrogen and oxygen atoms in total. The van der Waals surface area contributed by atoms with Gasteiger partial charge in [-0.1, -0.05) is 18.6 Å². The van der Waals surface area contributed by atoms with Crippen LogP contribution in [0.3, 0.4) is 0 Å². The van der Waals surface area contributed by atoms with E-state index in [2.05, 4.69) is 18.2 Å². The molecule has 0 atom stereocenters. The van der Waals surface area contributed by atoms with Crippen LogP contribution >= 0.6 is 0 Å². The average Bonchev–Trinajstić information content (AvgIpc) is 2.49. The molecule has 0 unspecified atom stereocenters. The SMILES string of the molecule is NCC1(Oc2cccc3c2CCCC3)CCCCC1. The van der Waals surface area contributed by atoms with Crippen LogP contribution in [0.4, 0.5) is 0 Å². The second-order valence-corrected chi connectivity index (χ2v) is 6.15. The Hall–Kier alpha value is -1.02. The fourth-order valence-electron chi connectivity index (χ4n) is 3.62. The molecule has 1 aromatic rings. The van der Waals surface area contributed by atoms with E-state index in [1.165, 1.54) is 56.1 Å². The smallest absolute Gasteiger partial charge is 0.123 e. The van der Waals surface area contributed by atoms with Crippen LogP contribution in [0.5, 0.6) is 5.75 Å². The zero-order valence-electron chi connectivity index (χ0n) is 11.8. The number of benzene rings is 1. The predicted octanol–water partition coefficient (Wildman–Crippen LogP) is 3.61. The van der Waals surface area contributed by atoms with Crippen LogP contribution in [0.25, 0.3) is 0 Å². The van der Waals surface area contributed by atoms with Gasteiger partial charge in [-0.05, 0) is 68.6 Å². The third-order valence-electron chi connectivity index (χ3n) is 4.82. The second-order valence-electron chi connectivity index (χ2n) is 6.15. The van der Waals surface area contributed by atoms with Gasteiger partial charge in [0, 0.05) is 6.54 Å². The van der Waals surface area contributed by atoms with Crippen LogP contribution in [0.1, 0.15) is 56.1 Å². The van der Waals surface area contributed by atoms with Gasteiger partial charge in [-0.3, -0.25) is 0 Å². The molecule has 0 radical (unpaired) electrons. The van der Waals surface area contributed by atoms with E-state index < -0.39 is 0 Å². The van der Waals surface area contributed by atoms with Crippen molar-refractivity contribution in [3.8, 4) is 5.75 Å². The molecule has 0 spiro atoms. The minimum atomic E-state index is -0.0924. The lowest BCUT2D eigenvalue weighted by Gasteiger charge is -2.37. The highest BCUT2D eigenvalue weighted by Crippen LogP contribution is 2.36. The van der Waals surface area contributed by atoms with E-state index in [-0.39, 0.29) is 5.60 Å². The maximum Gasteiger partial charge on any atom is 0.123 e. The lowest BCUT2D eigenvalue weighted by Crippen LogP contribution is -2.45. The lowest BCUT2D eigenvalue weighted by molar-refractivity contribution is 0.0375. The third kappa shape index (κ3) is 2.64. The van der Waals surface area contributed by atoms with Gasteiger partial charge >= 0.3 is 0 Å². The lowest BCUT2D eigenvalue weighted by atomic mass is 9.84. The van der Waals surface area contributed by atoms with Crippen LogP contribution in [0, 0.1) is 0 Å². The Balaban J connectivity index is 1.85. The molecule has 1 aromatic carbocycles. The van der Waals surface area contributed by atoms with Gasteiger partial charge in [0.2, 0.25) is 0 Å². The zero-order valence-corrected chi connectivity index (χ0v) is 11.8. The number of fused-ring (bicyclic) bond motifs is 1. The Morgan fingerprint density at radius 2 is 1.79 bits per heavy atom. The largest absolute Gasteiger partial charge is 0.486 e. The van der Waals surface area contributed by atoms with E-state index in [4.69, 9.17) is 10.5 Å². The molecule has 0 aromatic heterocycles. The third-order valence-corrected chi connectivity index (χ3v) is 4.82. The summed E-state index contributed by atoms with van der Waals surface area (Å²) in [7, 11) is 0. The van der Waals surface area contributed by atoms with E-state index in [1.54, 1.807) is 0 Å². The number of rotatable bonds is 3. The molecule has 19 heavy (non-hydrogen) atoms. The van der Waals surface area contributed by atoms with Gasteiger partial charge in [0.1, 0.15) is 11.4 Å². The monoisotopic (exact) mass is 259 g/mol. The summed E-state index contributed by atoms with van der Waals surface area (Å²) in [6, 6.07) is 6.56. The van der Waals surface area contributed by atoms with Gasteiger partial charge in [-0.2, -0.15) is 0 Å². The highest BCUT2D eigenvalue weighted by atomic mass is 16.5. The highest BCUT2D eigenvalue weighted by molar-refractivity contribution is 5.42. The molecular weight excluding hydrogens is 234 g/mol. The standard InChI is InChI=1S/C17H25NO/c18-13-17(11-4-1-5-12-17)19-16-10-6-8-14-7-2-3-9-15(14)16/h6,8,10H,1-5,7,9,11-13,18H2. The number of aryl methyl sites for hydroxylation is 1. The Kier molecular flexibility index (Phi) is 3.79. The molecule has 2 aliphatic carbocycles. The zero-order chi connectivity index (χ0) is 13.1. The molecule has 1 saturated carbocycles. The summed E-state index contributed by atoms with van der Waals surface area (Å²) < 4.78 is 6.47. The van der Waals surface area contributed by atoms with Crippen molar-refractivity contribution in [3.63, 3.8) is 0 Å². The summed E-state index contributed by atoms with van der Waals surface area (Å²) in [6.07, 6.45) is 11.1. The van der Waals surface area contributed by atoms with Crippen molar-refractivity contribution >= 4 is 0 Å². The van der Waals surface area contributed by atoms with E-state index in [1.807, 2.05) is 0 Å². The fourth-order valence-corrected chi connectivity index (χ4v) is 3.62. The van der Waals surface area contributed by atoms with Crippen LogP contribution in [-0.2, 0) is 12.8 Å². The first-order valence-corrected chi connectivity index (χ1v) is 7.83. The normalized spacial score (nSPS) is 21.7. The van der Waals surface area contributed by atoms with Crippen molar-refractivity contribution in [2.45, 2.75) is 63.4 Å². The van der Waals surface area contributed by atoms with Crippen molar-refractivity contribution < 1.29 is 4.74 Å². The van der Waals surface area contributed by atoms with Crippen LogP contribution < -0.4 is 10.5 Å². The van der Waals surface area contributed by atoms with Gasteiger partial charge in [0.05, 0.1) is 0 Å². The van der Waals surface area contributed by atoms with Crippen LogP contribution in [0.15, 0.2) is 18.2 Å². The number of hydrogen-bond acceptors (Lipinski definition) is 2. The van der Waals surface area contributed by atoms with Crippen LogP contribution in [0.2, 0.25) is 0 Å². The first-order valence-electron chi connectivity index (χ1n) is 7.83. The summed E-state index contributed by atoms with van der Waals surface area (Å²) in [4.78, 5) is 0. The van der Waals surface area contributed by atoms with Crippen molar-refractivity contribution in [2.24, 2.45) is 5.73 Å². The van der Waals surface area contributed by atoms with Crippen LogP contribution in [-0.4, -0.2) is 12.1 Å². The minimum Gasteiger partial charge on any atom is -0.486 e. The Morgan fingerprint density at radius 3 is 2.58 bits per heavy atom. The second kappa shape index (κ2) is 5.54. The van der Waals surface area contributed by atoms with Crippen molar-refractivity contribution in [1.29, 1.82) is 0 Å². The average molecular weight is 259 g/mol. The summed E-state index contributed by atoms with van der Waals surface area (Å²) in [5.41, 5.74) is 8.89. The van der Waals surface area contributed by atoms with Gasteiger partial charge < -0.3 is 10.5 Å². The van der Waals surface area contributed by atoms with E-state index >= 15 is 0 Å². The van der Waals surface area contributed by atoms with Crippen molar-refractivity contribution in [1.82, 2.24) is 0 Å². The summed E-state index contributed by atoms with van der Waals surface area (Å²) in [6.45, 7) is 0.649. The molecular formula is C17H25NO. The molecule has 0 amide bonds. The topological polar surface area (TPSA) is 35.2 Å². The first kappa shape index (κ1) is 13.0. The molecule has 104 valence electrons. The number of ether oxygens (including phenoxy) is 1. The Bertz CT molecular complexity index is 435. The highest BCUT2D eigenvalue weighted by Gasteiger charge is 2.33. The van der Waals surface area contributed by atoms with Gasteiger partial charge in [0.15, 0.2) is 0 Å². The Morgan fingerprint density at radius 1 is 1.00 bits per heavy atom. The molecule has 2 heteroatoms. The predicted molar refractivity (Wildman–Crippen MR) is 78.6 cm³/mol. The maximum atomic E-state index is 6.47. The molecule has 2 aliphatic rings. The van der Waals surface area contributed by atoms with E-state index in [0.717, 1.165) is 18.6 Å². The van der Waals surface area contributed by atoms with Gasteiger partial charge in [0.25, 0.3) is 0 Å². The summed E-state index contributed by atoms with van der Waals surface area (Å²) in [5, 5.41) is 0. The minimum absolute atomic E-state index is 0.0924. The van der Waals surface area contributed by atoms with E-state index in [0.29, 0.717) is 6.54 Å². The molecule has 0 aliphatic heterocycles. The number of nitrogens with two attached hydrogens (primary N) is 1. The molecule has 3 rings (SSSR count).